The highest BCUT2D eigenvalue weighted by atomic mass is 79.9. The highest BCUT2D eigenvalue weighted by Crippen LogP contribution is 2.31. The molecular formula is C16H13BrFNO. The van der Waals surface area contributed by atoms with E-state index in [1.54, 1.807) is 12.1 Å². The van der Waals surface area contributed by atoms with E-state index in [-0.39, 0.29) is 11.9 Å². The molecule has 2 aromatic carbocycles. The summed E-state index contributed by atoms with van der Waals surface area (Å²) in [6, 6.07) is 12.5. The number of fused-ring (bicyclic) bond motifs is 1. The van der Waals surface area contributed by atoms with Crippen molar-refractivity contribution in [1.29, 1.82) is 0 Å². The van der Waals surface area contributed by atoms with Crippen molar-refractivity contribution in [2.75, 3.05) is 0 Å². The molecular weight excluding hydrogens is 321 g/mol. The standard InChI is InChI=1S/C16H13BrFNO/c17-13-7-5-11(9-14(13)18)16(20)19-15-8-6-10-3-1-2-4-12(10)15/h1-5,7,9,15H,6,8H2,(H,19,20). The van der Waals surface area contributed by atoms with E-state index < -0.39 is 5.82 Å². The maximum atomic E-state index is 13.5. The summed E-state index contributed by atoms with van der Waals surface area (Å²) >= 11 is 3.08. The smallest absolute Gasteiger partial charge is 0.251 e. The van der Waals surface area contributed by atoms with Gasteiger partial charge in [-0.25, -0.2) is 4.39 Å². The summed E-state index contributed by atoms with van der Waals surface area (Å²) in [5, 5.41) is 2.98. The average Bonchev–Trinajstić information content (AvgIpc) is 2.85. The van der Waals surface area contributed by atoms with E-state index >= 15 is 0 Å². The van der Waals surface area contributed by atoms with Gasteiger partial charge < -0.3 is 5.32 Å². The SMILES string of the molecule is O=C(NC1CCc2ccccc21)c1ccc(Br)c(F)c1. The first-order valence-corrected chi connectivity index (χ1v) is 7.28. The first-order valence-electron chi connectivity index (χ1n) is 6.49. The molecule has 1 N–H and O–H groups in total. The van der Waals surface area contributed by atoms with Gasteiger partial charge in [0.2, 0.25) is 0 Å². The van der Waals surface area contributed by atoms with Crippen molar-refractivity contribution in [3.8, 4) is 0 Å². The maximum Gasteiger partial charge on any atom is 0.251 e. The molecule has 1 unspecified atom stereocenters. The van der Waals surface area contributed by atoms with Crippen molar-refractivity contribution in [2.24, 2.45) is 0 Å². The van der Waals surface area contributed by atoms with E-state index in [4.69, 9.17) is 0 Å². The third kappa shape index (κ3) is 2.48. The lowest BCUT2D eigenvalue weighted by molar-refractivity contribution is 0.0936. The van der Waals surface area contributed by atoms with Crippen LogP contribution in [-0.2, 0) is 6.42 Å². The Morgan fingerprint density at radius 1 is 1.25 bits per heavy atom. The van der Waals surface area contributed by atoms with Crippen LogP contribution in [0, 0.1) is 5.82 Å². The van der Waals surface area contributed by atoms with Crippen LogP contribution in [0.3, 0.4) is 0 Å². The fourth-order valence-corrected chi connectivity index (χ4v) is 2.83. The van der Waals surface area contributed by atoms with Crippen molar-refractivity contribution in [2.45, 2.75) is 18.9 Å². The van der Waals surface area contributed by atoms with Crippen molar-refractivity contribution in [3.05, 3.63) is 69.4 Å². The van der Waals surface area contributed by atoms with Crippen LogP contribution in [0.2, 0.25) is 0 Å². The lowest BCUT2D eigenvalue weighted by atomic mass is 10.1. The van der Waals surface area contributed by atoms with E-state index in [2.05, 4.69) is 27.3 Å². The number of halogens is 2. The third-order valence-corrected chi connectivity index (χ3v) is 4.26. The molecule has 0 saturated heterocycles. The first kappa shape index (κ1) is 13.3. The molecule has 1 atom stereocenters. The fourth-order valence-electron chi connectivity index (χ4n) is 2.59. The lowest BCUT2D eigenvalue weighted by Gasteiger charge is -2.14. The van der Waals surface area contributed by atoms with Gasteiger partial charge in [0.05, 0.1) is 10.5 Å². The minimum atomic E-state index is -0.426. The van der Waals surface area contributed by atoms with Gasteiger partial charge in [0.15, 0.2) is 0 Å². The zero-order valence-electron chi connectivity index (χ0n) is 10.7. The van der Waals surface area contributed by atoms with Gasteiger partial charge in [-0.3, -0.25) is 4.79 Å². The molecule has 0 aromatic heterocycles. The Hall–Kier alpha value is -1.68. The molecule has 1 aliphatic carbocycles. The Bertz CT molecular complexity index is 671. The van der Waals surface area contributed by atoms with Crippen LogP contribution in [0.15, 0.2) is 46.9 Å². The fraction of sp³-hybridized carbons (Fsp3) is 0.188. The number of carbonyl (C=O) groups excluding carboxylic acids is 1. The molecule has 0 radical (unpaired) electrons. The predicted octanol–water partition coefficient (Wildman–Crippen LogP) is 4.01. The molecule has 1 amide bonds. The highest BCUT2D eigenvalue weighted by molar-refractivity contribution is 9.10. The van der Waals surface area contributed by atoms with E-state index in [1.165, 1.54) is 17.2 Å². The van der Waals surface area contributed by atoms with Crippen LogP contribution >= 0.6 is 15.9 Å². The van der Waals surface area contributed by atoms with Crippen molar-refractivity contribution in [3.63, 3.8) is 0 Å². The number of aryl methyl sites for hydroxylation is 1. The molecule has 0 aliphatic heterocycles. The Morgan fingerprint density at radius 2 is 2.05 bits per heavy atom. The number of rotatable bonds is 2. The zero-order valence-corrected chi connectivity index (χ0v) is 12.3. The summed E-state index contributed by atoms with van der Waals surface area (Å²) in [5.41, 5.74) is 2.79. The van der Waals surface area contributed by atoms with Gasteiger partial charge in [0.1, 0.15) is 5.82 Å². The quantitative estimate of drug-likeness (QED) is 0.884. The Morgan fingerprint density at radius 3 is 2.85 bits per heavy atom. The second kappa shape index (κ2) is 5.37. The summed E-state index contributed by atoms with van der Waals surface area (Å²) < 4.78 is 13.8. The van der Waals surface area contributed by atoms with E-state index in [9.17, 15) is 9.18 Å². The van der Waals surface area contributed by atoms with Crippen LogP contribution in [0.5, 0.6) is 0 Å². The summed E-state index contributed by atoms with van der Waals surface area (Å²) in [6.45, 7) is 0. The van der Waals surface area contributed by atoms with Crippen molar-refractivity contribution < 1.29 is 9.18 Å². The van der Waals surface area contributed by atoms with E-state index in [0.717, 1.165) is 12.8 Å². The average molecular weight is 334 g/mol. The van der Waals surface area contributed by atoms with E-state index in [0.29, 0.717) is 10.0 Å². The van der Waals surface area contributed by atoms with Crippen molar-refractivity contribution >= 4 is 21.8 Å². The molecule has 0 fully saturated rings. The van der Waals surface area contributed by atoms with Crippen LogP contribution in [0.1, 0.15) is 33.9 Å². The van der Waals surface area contributed by atoms with Crippen molar-refractivity contribution in [1.82, 2.24) is 5.32 Å². The Kier molecular flexibility index (Phi) is 3.57. The summed E-state index contributed by atoms with van der Waals surface area (Å²) in [4.78, 5) is 12.2. The number of hydrogen-bond donors (Lipinski definition) is 1. The maximum absolute atomic E-state index is 13.5. The zero-order chi connectivity index (χ0) is 14.1. The molecule has 1 aliphatic rings. The van der Waals surface area contributed by atoms with Gasteiger partial charge in [-0.2, -0.15) is 0 Å². The highest BCUT2D eigenvalue weighted by Gasteiger charge is 2.23. The second-order valence-electron chi connectivity index (χ2n) is 4.89. The molecule has 102 valence electrons. The minimum Gasteiger partial charge on any atom is -0.345 e. The molecule has 0 spiro atoms. The summed E-state index contributed by atoms with van der Waals surface area (Å²) in [5.74, 6) is -0.664. The third-order valence-electron chi connectivity index (χ3n) is 3.62. The number of carbonyl (C=O) groups is 1. The largest absolute Gasteiger partial charge is 0.345 e. The van der Waals surface area contributed by atoms with Gasteiger partial charge >= 0.3 is 0 Å². The van der Waals surface area contributed by atoms with Crippen LogP contribution in [0.4, 0.5) is 4.39 Å². The van der Waals surface area contributed by atoms with Gasteiger partial charge in [0, 0.05) is 5.56 Å². The molecule has 20 heavy (non-hydrogen) atoms. The summed E-state index contributed by atoms with van der Waals surface area (Å²) in [7, 11) is 0. The summed E-state index contributed by atoms with van der Waals surface area (Å²) in [6.07, 6.45) is 1.86. The molecule has 2 nitrogen and oxygen atoms in total. The van der Waals surface area contributed by atoms with Gasteiger partial charge in [-0.1, -0.05) is 24.3 Å². The minimum absolute atomic E-state index is 0.0189. The van der Waals surface area contributed by atoms with Gasteiger partial charge in [-0.15, -0.1) is 0 Å². The second-order valence-corrected chi connectivity index (χ2v) is 5.75. The van der Waals surface area contributed by atoms with Crippen LogP contribution in [0.25, 0.3) is 0 Å². The predicted molar refractivity (Wildman–Crippen MR) is 79.1 cm³/mol. The van der Waals surface area contributed by atoms with Crippen LogP contribution in [-0.4, -0.2) is 5.91 Å². The lowest BCUT2D eigenvalue weighted by Crippen LogP contribution is -2.27. The number of nitrogens with one attached hydrogen (secondary N) is 1. The van der Waals surface area contributed by atoms with Gasteiger partial charge in [-0.05, 0) is 58.1 Å². The number of benzene rings is 2. The number of hydrogen-bond acceptors (Lipinski definition) is 1. The molecule has 3 rings (SSSR count). The molecule has 2 aromatic rings. The monoisotopic (exact) mass is 333 g/mol. The molecule has 0 saturated carbocycles. The van der Waals surface area contributed by atoms with Crippen LogP contribution < -0.4 is 5.32 Å². The first-order chi connectivity index (χ1) is 9.65. The Labute approximate surface area is 125 Å². The topological polar surface area (TPSA) is 29.1 Å². The van der Waals surface area contributed by atoms with E-state index in [1.807, 2.05) is 18.2 Å². The number of amides is 1. The molecule has 0 heterocycles. The van der Waals surface area contributed by atoms with Gasteiger partial charge in [0.25, 0.3) is 5.91 Å². The normalized spacial score (nSPS) is 16.8. The molecule has 4 heteroatoms. The molecule has 0 bridgehead atoms. The Balaban J connectivity index is 1.79.